The van der Waals surface area contributed by atoms with Crippen LogP contribution in [0.25, 0.3) is 0 Å². The highest BCUT2D eigenvalue weighted by atomic mass is 32.2. The minimum Gasteiger partial charge on any atom is -0.463 e. The summed E-state index contributed by atoms with van der Waals surface area (Å²) < 4.78 is 11.2. The van der Waals surface area contributed by atoms with Crippen molar-refractivity contribution in [2.45, 2.75) is 38.5 Å². The van der Waals surface area contributed by atoms with Crippen LogP contribution in [0.5, 0.6) is 0 Å². The predicted octanol–water partition coefficient (Wildman–Crippen LogP) is 3.37. The summed E-state index contributed by atoms with van der Waals surface area (Å²) >= 11 is 1.64. The lowest BCUT2D eigenvalue weighted by atomic mass is 10.3. The van der Waals surface area contributed by atoms with Crippen molar-refractivity contribution in [3.63, 3.8) is 0 Å². The monoisotopic (exact) mass is 297 g/mol. The minimum absolute atomic E-state index is 0.0341. The van der Waals surface area contributed by atoms with Gasteiger partial charge in [0, 0.05) is 19.8 Å². The van der Waals surface area contributed by atoms with E-state index in [2.05, 4.69) is 6.92 Å². The maximum absolute atomic E-state index is 12.0. The third-order valence-electron chi connectivity index (χ3n) is 3.30. The number of aryl methyl sites for hydroxylation is 1. The molecule has 0 radical (unpaired) electrons. The first-order valence-electron chi connectivity index (χ1n) is 7.27. The Bertz CT molecular complexity index is 433. The number of thioether (sulfide) groups is 1. The quantitative estimate of drug-likeness (QED) is 0.690. The SMILES string of the molecule is CCCCOCCCN1C(=O)CSC1c1ccc(C)o1. The number of carbonyl (C=O) groups excluding carboxylic acids is 1. The van der Waals surface area contributed by atoms with E-state index in [1.807, 2.05) is 24.0 Å². The molecule has 0 bridgehead atoms. The first kappa shape index (κ1) is 15.4. The molecule has 2 heterocycles. The van der Waals surface area contributed by atoms with E-state index < -0.39 is 0 Å². The van der Waals surface area contributed by atoms with Crippen molar-refractivity contribution in [3.05, 3.63) is 23.7 Å². The third kappa shape index (κ3) is 4.03. The summed E-state index contributed by atoms with van der Waals surface area (Å²) in [6.07, 6.45) is 3.14. The van der Waals surface area contributed by atoms with E-state index in [0.29, 0.717) is 5.75 Å². The molecule has 5 heteroatoms. The highest BCUT2D eigenvalue weighted by Gasteiger charge is 2.34. The van der Waals surface area contributed by atoms with Gasteiger partial charge in [0.1, 0.15) is 16.9 Å². The van der Waals surface area contributed by atoms with Crippen LogP contribution >= 0.6 is 11.8 Å². The van der Waals surface area contributed by atoms with Crippen molar-refractivity contribution in [2.75, 3.05) is 25.5 Å². The number of hydrogen-bond acceptors (Lipinski definition) is 4. The van der Waals surface area contributed by atoms with E-state index in [0.717, 1.165) is 50.5 Å². The molecule has 2 rings (SSSR count). The zero-order valence-electron chi connectivity index (χ0n) is 12.3. The van der Waals surface area contributed by atoms with Gasteiger partial charge in [-0.15, -0.1) is 11.8 Å². The van der Waals surface area contributed by atoms with Gasteiger partial charge in [0.25, 0.3) is 0 Å². The van der Waals surface area contributed by atoms with E-state index >= 15 is 0 Å². The fourth-order valence-corrected chi connectivity index (χ4v) is 3.36. The standard InChI is InChI=1S/C15H23NO3S/c1-3-4-9-18-10-5-8-16-14(17)11-20-15(16)13-7-6-12(2)19-13/h6-7,15H,3-5,8-11H2,1-2H3. The summed E-state index contributed by atoms with van der Waals surface area (Å²) in [6, 6.07) is 3.92. The number of rotatable bonds is 8. The Morgan fingerprint density at radius 3 is 2.90 bits per heavy atom. The number of furan rings is 1. The van der Waals surface area contributed by atoms with E-state index in [1.54, 1.807) is 11.8 Å². The Kier molecular flexibility index (Phi) is 5.98. The van der Waals surface area contributed by atoms with E-state index in [4.69, 9.17) is 9.15 Å². The first-order chi connectivity index (χ1) is 9.72. The summed E-state index contributed by atoms with van der Waals surface area (Å²) in [4.78, 5) is 13.9. The van der Waals surface area contributed by atoms with Crippen LogP contribution in [0.3, 0.4) is 0 Å². The molecule has 0 aromatic carbocycles. The molecule has 1 unspecified atom stereocenters. The molecule has 0 N–H and O–H groups in total. The second-order valence-corrected chi connectivity index (χ2v) is 6.09. The molecule has 0 saturated carbocycles. The van der Waals surface area contributed by atoms with Gasteiger partial charge in [0.2, 0.25) is 5.91 Å². The number of carbonyl (C=O) groups is 1. The number of nitrogens with zero attached hydrogens (tertiary/aromatic N) is 1. The van der Waals surface area contributed by atoms with Gasteiger partial charge in [-0.3, -0.25) is 4.79 Å². The Labute approximate surface area is 124 Å². The normalized spacial score (nSPS) is 19.0. The molecule has 1 amide bonds. The van der Waals surface area contributed by atoms with Crippen LogP contribution in [-0.2, 0) is 9.53 Å². The van der Waals surface area contributed by atoms with Crippen LogP contribution in [0.15, 0.2) is 16.5 Å². The van der Waals surface area contributed by atoms with Crippen LogP contribution in [-0.4, -0.2) is 36.3 Å². The van der Waals surface area contributed by atoms with Crippen LogP contribution in [0.1, 0.15) is 43.1 Å². The Balaban J connectivity index is 1.80. The summed E-state index contributed by atoms with van der Waals surface area (Å²) in [6.45, 7) is 6.36. The lowest BCUT2D eigenvalue weighted by Crippen LogP contribution is -2.29. The van der Waals surface area contributed by atoms with Gasteiger partial charge < -0.3 is 14.1 Å². The predicted molar refractivity (Wildman–Crippen MR) is 80.7 cm³/mol. The molecule has 1 atom stereocenters. The molecule has 1 saturated heterocycles. The molecule has 1 fully saturated rings. The third-order valence-corrected chi connectivity index (χ3v) is 4.52. The minimum atomic E-state index is 0.0341. The summed E-state index contributed by atoms with van der Waals surface area (Å²) in [7, 11) is 0. The van der Waals surface area contributed by atoms with Gasteiger partial charge in [0.15, 0.2) is 0 Å². The van der Waals surface area contributed by atoms with Crippen molar-refractivity contribution in [2.24, 2.45) is 0 Å². The molecular weight excluding hydrogens is 274 g/mol. The van der Waals surface area contributed by atoms with Crippen LogP contribution < -0.4 is 0 Å². The van der Waals surface area contributed by atoms with Crippen LogP contribution in [0.4, 0.5) is 0 Å². The summed E-state index contributed by atoms with van der Waals surface area (Å²) in [5.74, 6) is 2.51. The van der Waals surface area contributed by atoms with Crippen molar-refractivity contribution < 1.29 is 13.9 Å². The number of hydrogen-bond donors (Lipinski definition) is 0. The molecule has 1 aromatic rings. The smallest absolute Gasteiger partial charge is 0.233 e. The van der Waals surface area contributed by atoms with Crippen molar-refractivity contribution in [3.8, 4) is 0 Å². The Morgan fingerprint density at radius 2 is 2.20 bits per heavy atom. The average Bonchev–Trinajstić information content (AvgIpc) is 3.01. The molecule has 112 valence electrons. The fraction of sp³-hybridized carbons (Fsp3) is 0.667. The van der Waals surface area contributed by atoms with Gasteiger partial charge in [-0.25, -0.2) is 0 Å². The van der Waals surface area contributed by atoms with Crippen LogP contribution in [0.2, 0.25) is 0 Å². The summed E-state index contributed by atoms with van der Waals surface area (Å²) in [5.41, 5.74) is 0. The molecule has 4 nitrogen and oxygen atoms in total. The topological polar surface area (TPSA) is 42.7 Å². The molecule has 0 spiro atoms. The number of amides is 1. The van der Waals surface area contributed by atoms with Crippen molar-refractivity contribution >= 4 is 17.7 Å². The second kappa shape index (κ2) is 7.74. The number of ether oxygens (including phenoxy) is 1. The lowest BCUT2D eigenvalue weighted by molar-refractivity contribution is -0.128. The van der Waals surface area contributed by atoms with Crippen molar-refractivity contribution in [1.29, 1.82) is 0 Å². The van der Waals surface area contributed by atoms with Gasteiger partial charge in [0.05, 0.1) is 5.75 Å². The molecule has 1 aromatic heterocycles. The van der Waals surface area contributed by atoms with Gasteiger partial charge >= 0.3 is 0 Å². The fourth-order valence-electron chi connectivity index (χ4n) is 2.20. The Morgan fingerprint density at radius 1 is 1.40 bits per heavy atom. The zero-order valence-corrected chi connectivity index (χ0v) is 13.1. The lowest BCUT2D eigenvalue weighted by Gasteiger charge is -2.22. The highest BCUT2D eigenvalue weighted by Crippen LogP contribution is 2.39. The molecule has 1 aliphatic heterocycles. The van der Waals surface area contributed by atoms with E-state index in [-0.39, 0.29) is 11.3 Å². The van der Waals surface area contributed by atoms with Gasteiger partial charge in [-0.2, -0.15) is 0 Å². The zero-order chi connectivity index (χ0) is 14.4. The second-order valence-electron chi connectivity index (χ2n) is 5.02. The first-order valence-corrected chi connectivity index (χ1v) is 8.32. The Hall–Kier alpha value is -0.940. The maximum Gasteiger partial charge on any atom is 0.233 e. The highest BCUT2D eigenvalue weighted by molar-refractivity contribution is 8.00. The molecule has 1 aliphatic rings. The molecule has 0 aliphatic carbocycles. The number of unbranched alkanes of at least 4 members (excludes halogenated alkanes) is 1. The van der Waals surface area contributed by atoms with Crippen LogP contribution in [0, 0.1) is 6.92 Å². The average molecular weight is 297 g/mol. The van der Waals surface area contributed by atoms with E-state index in [1.165, 1.54) is 0 Å². The van der Waals surface area contributed by atoms with Gasteiger partial charge in [-0.05, 0) is 31.9 Å². The molecule has 20 heavy (non-hydrogen) atoms. The summed E-state index contributed by atoms with van der Waals surface area (Å²) in [5, 5.41) is 0.0341. The van der Waals surface area contributed by atoms with Gasteiger partial charge in [-0.1, -0.05) is 13.3 Å². The maximum atomic E-state index is 12.0. The molecular formula is C15H23NO3S. The van der Waals surface area contributed by atoms with E-state index in [9.17, 15) is 4.79 Å². The largest absolute Gasteiger partial charge is 0.463 e. The van der Waals surface area contributed by atoms with Crippen molar-refractivity contribution in [1.82, 2.24) is 4.90 Å².